The van der Waals surface area contributed by atoms with Crippen LogP contribution in [0.25, 0.3) is 5.70 Å². The van der Waals surface area contributed by atoms with Crippen molar-refractivity contribution in [3.05, 3.63) is 60.3 Å². The monoisotopic (exact) mass is 477 g/mol. The van der Waals surface area contributed by atoms with Crippen molar-refractivity contribution in [1.82, 2.24) is 14.7 Å². The lowest BCUT2D eigenvalue weighted by molar-refractivity contribution is -0.136. The first-order valence-corrected chi connectivity index (χ1v) is 11.3. The fourth-order valence-electron chi connectivity index (χ4n) is 4.69. The number of aliphatic hydroxyl groups is 1. The number of guanidine groups is 1. The summed E-state index contributed by atoms with van der Waals surface area (Å²) in [4.78, 5) is 37.7. The molecule has 0 aromatic heterocycles. The lowest BCUT2D eigenvalue weighted by Crippen LogP contribution is -2.64. The number of aliphatic imine (C=N–C) groups is 1. The standard InChI is InChI=1S/C25H27N5O5/c1-27-22-21(23(32)28(25(27)33)12-7-13-31)29-15-19(16-8-5-4-6-9-16)30(24(29)26-22)18-11-10-17(34-2)14-20(18)35-3/h4-6,8-11,14-15,21-22,31H,7,12-13H2,1-3H3. The van der Waals surface area contributed by atoms with Gasteiger partial charge in [0.25, 0.3) is 5.91 Å². The number of rotatable bonds is 7. The van der Waals surface area contributed by atoms with Crippen LogP contribution in [-0.2, 0) is 4.79 Å². The molecule has 3 aliphatic rings. The van der Waals surface area contributed by atoms with E-state index in [1.165, 1.54) is 9.80 Å². The number of urea groups is 1. The van der Waals surface area contributed by atoms with Crippen LogP contribution in [0.4, 0.5) is 10.5 Å². The fourth-order valence-corrected chi connectivity index (χ4v) is 4.69. The van der Waals surface area contributed by atoms with Gasteiger partial charge in [0.15, 0.2) is 12.2 Å². The third kappa shape index (κ3) is 3.57. The molecule has 2 unspecified atom stereocenters. The summed E-state index contributed by atoms with van der Waals surface area (Å²) in [6.45, 7) is 0.0413. The Labute approximate surface area is 203 Å². The van der Waals surface area contributed by atoms with E-state index in [2.05, 4.69) is 0 Å². The van der Waals surface area contributed by atoms with E-state index in [4.69, 9.17) is 14.5 Å². The maximum absolute atomic E-state index is 13.5. The van der Waals surface area contributed by atoms with Crippen LogP contribution in [0.15, 0.2) is 59.7 Å². The van der Waals surface area contributed by atoms with E-state index >= 15 is 0 Å². The summed E-state index contributed by atoms with van der Waals surface area (Å²) in [5.41, 5.74) is 2.48. The molecule has 2 aromatic rings. The molecule has 182 valence electrons. The molecule has 2 atom stereocenters. The second kappa shape index (κ2) is 8.95. The van der Waals surface area contributed by atoms with Gasteiger partial charge >= 0.3 is 6.03 Å². The van der Waals surface area contributed by atoms with Gasteiger partial charge in [0.1, 0.15) is 11.5 Å². The van der Waals surface area contributed by atoms with Crippen LogP contribution >= 0.6 is 0 Å². The van der Waals surface area contributed by atoms with Crippen molar-refractivity contribution in [2.24, 2.45) is 4.99 Å². The Morgan fingerprint density at radius 1 is 1.06 bits per heavy atom. The summed E-state index contributed by atoms with van der Waals surface area (Å²) in [7, 11) is 4.82. The number of methoxy groups -OCH3 is 2. The van der Waals surface area contributed by atoms with E-state index in [1.807, 2.05) is 58.5 Å². The molecule has 0 spiro atoms. The topological polar surface area (TPSA) is 98.2 Å². The van der Waals surface area contributed by atoms with Crippen molar-refractivity contribution >= 4 is 29.3 Å². The molecule has 35 heavy (non-hydrogen) atoms. The molecule has 3 heterocycles. The van der Waals surface area contributed by atoms with Gasteiger partial charge in [0.2, 0.25) is 5.96 Å². The molecule has 2 aromatic carbocycles. The smallest absolute Gasteiger partial charge is 0.328 e. The highest BCUT2D eigenvalue weighted by Crippen LogP contribution is 2.43. The van der Waals surface area contributed by atoms with Crippen molar-refractivity contribution in [3.63, 3.8) is 0 Å². The SMILES string of the molecule is COc1ccc(N2C(c3ccccc3)=CN3C2=NC2C3C(=O)N(CCCO)C(=O)N2C)c(OC)c1. The predicted molar refractivity (Wildman–Crippen MR) is 130 cm³/mol. The molecule has 10 nitrogen and oxygen atoms in total. The number of amides is 3. The summed E-state index contributed by atoms with van der Waals surface area (Å²) >= 11 is 0. The molecule has 1 fully saturated rings. The number of imide groups is 1. The molecule has 10 heteroatoms. The van der Waals surface area contributed by atoms with Gasteiger partial charge < -0.3 is 19.5 Å². The first kappa shape index (κ1) is 22.7. The first-order valence-electron chi connectivity index (χ1n) is 11.3. The van der Waals surface area contributed by atoms with Crippen molar-refractivity contribution in [2.45, 2.75) is 18.6 Å². The van der Waals surface area contributed by atoms with E-state index in [0.717, 1.165) is 16.9 Å². The number of fused-ring (bicyclic) bond motifs is 3. The number of nitrogens with zero attached hydrogens (tertiary/aromatic N) is 5. The molecule has 3 amide bonds. The van der Waals surface area contributed by atoms with Crippen LogP contribution in [0.5, 0.6) is 11.5 Å². The van der Waals surface area contributed by atoms with Crippen molar-refractivity contribution in [2.75, 3.05) is 39.3 Å². The minimum atomic E-state index is -0.709. The molecule has 1 saturated heterocycles. The number of anilines is 1. The summed E-state index contributed by atoms with van der Waals surface area (Å²) in [6, 6.07) is 14.2. The van der Waals surface area contributed by atoms with Gasteiger partial charge in [0, 0.05) is 38.0 Å². The van der Waals surface area contributed by atoms with Gasteiger partial charge in [-0.25, -0.2) is 9.79 Å². The zero-order chi connectivity index (χ0) is 24.7. The average molecular weight is 478 g/mol. The van der Waals surface area contributed by atoms with E-state index in [0.29, 0.717) is 23.9 Å². The molecule has 0 bridgehead atoms. The minimum Gasteiger partial charge on any atom is -0.497 e. The zero-order valence-electron chi connectivity index (χ0n) is 19.8. The highest BCUT2D eigenvalue weighted by molar-refractivity contribution is 6.16. The lowest BCUT2D eigenvalue weighted by atomic mass is 10.1. The Morgan fingerprint density at radius 3 is 2.51 bits per heavy atom. The van der Waals surface area contributed by atoms with E-state index in [-0.39, 0.29) is 19.1 Å². The molecular formula is C25H27N5O5. The summed E-state index contributed by atoms with van der Waals surface area (Å²) < 4.78 is 11.1. The summed E-state index contributed by atoms with van der Waals surface area (Å²) in [5.74, 6) is 1.41. The Hall–Kier alpha value is -4.05. The molecule has 3 aliphatic heterocycles. The zero-order valence-corrected chi connectivity index (χ0v) is 19.8. The predicted octanol–water partition coefficient (Wildman–Crippen LogP) is 2.17. The Bertz CT molecular complexity index is 1210. The van der Waals surface area contributed by atoms with Gasteiger partial charge in [-0.2, -0.15) is 0 Å². The number of carbonyl (C=O) groups excluding carboxylic acids is 2. The Morgan fingerprint density at radius 2 is 1.83 bits per heavy atom. The van der Waals surface area contributed by atoms with Gasteiger partial charge in [-0.15, -0.1) is 0 Å². The maximum Gasteiger partial charge on any atom is 0.328 e. The largest absolute Gasteiger partial charge is 0.497 e. The quantitative estimate of drug-likeness (QED) is 0.653. The second-order valence-electron chi connectivity index (χ2n) is 8.41. The Balaban J connectivity index is 1.62. The van der Waals surface area contributed by atoms with Crippen molar-refractivity contribution < 1.29 is 24.2 Å². The van der Waals surface area contributed by atoms with E-state index in [1.54, 1.807) is 27.3 Å². The first-order chi connectivity index (χ1) is 17.0. The third-order valence-corrected chi connectivity index (χ3v) is 6.45. The minimum absolute atomic E-state index is 0.108. The van der Waals surface area contributed by atoms with E-state index < -0.39 is 18.2 Å². The molecule has 0 saturated carbocycles. The number of hydrogen-bond acceptors (Lipinski definition) is 8. The number of likely N-dealkylation sites (N-methyl/N-ethyl adjacent to an activating group) is 1. The summed E-state index contributed by atoms with van der Waals surface area (Å²) in [5, 5.41) is 9.25. The van der Waals surface area contributed by atoms with Crippen molar-refractivity contribution in [1.29, 1.82) is 0 Å². The van der Waals surface area contributed by atoms with Crippen LogP contribution in [-0.4, -0.2) is 84.3 Å². The highest BCUT2D eigenvalue weighted by atomic mass is 16.5. The second-order valence-corrected chi connectivity index (χ2v) is 8.41. The number of benzene rings is 2. The van der Waals surface area contributed by atoms with Crippen molar-refractivity contribution in [3.8, 4) is 11.5 Å². The van der Waals surface area contributed by atoms with Crippen LogP contribution in [0, 0.1) is 0 Å². The molecule has 0 radical (unpaired) electrons. The maximum atomic E-state index is 13.5. The van der Waals surface area contributed by atoms with Gasteiger partial charge in [-0.05, 0) is 18.6 Å². The van der Waals surface area contributed by atoms with Crippen LogP contribution in [0.1, 0.15) is 12.0 Å². The van der Waals surface area contributed by atoms with Crippen LogP contribution in [0.2, 0.25) is 0 Å². The van der Waals surface area contributed by atoms with Gasteiger partial charge in [-0.3, -0.25) is 19.5 Å². The van der Waals surface area contributed by atoms with Gasteiger partial charge in [-0.1, -0.05) is 30.3 Å². The third-order valence-electron chi connectivity index (χ3n) is 6.45. The number of hydrogen-bond donors (Lipinski definition) is 1. The van der Waals surface area contributed by atoms with Crippen LogP contribution < -0.4 is 14.4 Å². The number of aliphatic hydroxyl groups excluding tert-OH is 1. The average Bonchev–Trinajstić information content (AvgIpc) is 3.44. The highest BCUT2D eigenvalue weighted by Gasteiger charge is 2.55. The Kier molecular flexibility index (Phi) is 5.81. The normalized spacial score (nSPS) is 21.1. The number of carbonyl (C=O) groups is 2. The number of ether oxygens (including phenoxy) is 2. The lowest BCUT2D eigenvalue weighted by Gasteiger charge is -2.40. The molecule has 1 N–H and O–H groups in total. The molecule has 0 aliphatic carbocycles. The summed E-state index contributed by atoms with van der Waals surface area (Å²) in [6.07, 6.45) is 1.54. The fraction of sp³-hybridized carbons (Fsp3) is 0.320. The van der Waals surface area contributed by atoms with Crippen LogP contribution in [0.3, 0.4) is 0 Å². The van der Waals surface area contributed by atoms with E-state index in [9.17, 15) is 14.7 Å². The van der Waals surface area contributed by atoms with Gasteiger partial charge in [0.05, 0.1) is 25.6 Å². The molecular weight excluding hydrogens is 450 g/mol. The molecule has 5 rings (SSSR count).